The Balaban J connectivity index is 4.43. The fourth-order valence-electron chi connectivity index (χ4n) is 2.39. The minimum Gasteiger partial charge on any atom is -0.377 e. The van der Waals surface area contributed by atoms with Crippen molar-refractivity contribution in [2.24, 2.45) is 5.73 Å². The number of ether oxygens (including phenoxy) is 5. The average Bonchev–Trinajstić information content (AvgIpc) is 2.63. The summed E-state index contributed by atoms with van der Waals surface area (Å²) in [6.45, 7) is 20.9. The maximum absolute atomic E-state index is 15.2. The first-order chi connectivity index (χ1) is 13.8. The number of hydrogen-bond donors (Lipinski definition) is 1. The van der Waals surface area contributed by atoms with Gasteiger partial charge in [-0.3, -0.25) is 5.73 Å². The second-order valence-corrected chi connectivity index (χ2v) is 9.10. The quantitative estimate of drug-likeness (QED) is 0.187. The van der Waals surface area contributed by atoms with E-state index in [1.54, 1.807) is 26.0 Å². The van der Waals surface area contributed by atoms with Gasteiger partial charge in [0.2, 0.25) is 0 Å². The molecule has 0 aromatic carbocycles. The first-order valence-electron chi connectivity index (χ1n) is 10.6. The molecule has 1 unspecified atom stereocenters. The molecule has 1 atom stereocenters. The molecule has 0 aromatic rings. The molecule has 0 radical (unpaired) electrons. The molecule has 0 fully saturated rings. The average molecular weight is 434 g/mol. The summed E-state index contributed by atoms with van der Waals surface area (Å²) in [5.74, 6) is -2.06. The Kier molecular flexibility index (Phi) is 13.2. The maximum atomic E-state index is 15.2. The van der Waals surface area contributed by atoms with Gasteiger partial charge in [-0.1, -0.05) is 12.2 Å². The molecule has 6 nitrogen and oxygen atoms in total. The standard InChI is InChI=1S/C23H44FNO5/c1-9-13-26-15-11-20(3,4)28-16-12-23(24,25)22(7,8)30-19-21(5,6)29-18-17-27-14-10-2/h9-10H,1-2,11-19,25H2,3-8H3. The van der Waals surface area contributed by atoms with E-state index in [9.17, 15) is 0 Å². The third-order valence-corrected chi connectivity index (χ3v) is 4.78. The molecule has 0 spiro atoms. The van der Waals surface area contributed by atoms with Gasteiger partial charge in [-0.15, -0.1) is 13.2 Å². The van der Waals surface area contributed by atoms with E-state index in [1.807, 2.05) is 27.7 Å². The van der Waals surface area contributed by atoms with Crippen molar-refractivity contribution in [1.82, 2.24) is 0 Å². The summed E-state index contributed by atoms with van der Waals surface area (Å²) >= 11 is 0. The van der Waals surface area contributed by atoms with Crippen LogP contribution in [0.15, 0.2) is 25.3 Å². The van der Waals surface area contributed by atoms with Crippen LogP contribution in [0, 0.1) is 0 Å². The molecule has 0 amide bonds. The molecule has 7 heteroatoms. The van der Waals surface area contributed by atoms with Gasteiger partial charge < -0.3 is 23.7 Å². The topological polar surface area (TPSA) is 72.2 Å². The number of nitrogens with two attached hydrogens (primary N) is 1. The summed E-state index contributed by atoms with van der Waals surface area (Å²) in [7, 11) is 0. The zero-order valence-corrected chi connectivity index (χ0v) is 19.9. The lowest BCUT2D eigenvalue weighted by atomic mass is 9.93. The Morgan fingerprint density at radius 1 is 0.733 bits per heavy atom. The van der Waals surface area contributed by atoms with Crippen molar-refractivity contribution in [1.29, 1.82) is 0 Å². The predicted octanol–water partition coefficient (Wildman–Crippen LogP) is 4.18. The van der Waals surface area contributed by atoms with E-state index in [-0.39, 0.29) is 19.6 Å². The Bertz CT molecular complexity index is 492. The van der Waals surface area contributed by atoms with Gasteiger partial charge in [-0.05, 0) is 48.0 Å². The van der Waals surface area contributed by atoms with Crippen LogP contribution in [0.3, 0.4) is 0 Å². The SMILES string of the molecule is C=CCOCCOC(C)(C)COC(C)(C)C(N)(F)CCOC(C)(C)CCOCC=C. The largest absolute Gasteiger partial charge is 0.377 e. The molecule has 0 aliphatic heterocycles. The zero-order chi connectivity index (χ0) is 23.3. The van der Waals surface area contributed by atoms with Crippen LogP contribution in [0.4, 0.5) is 4.39 Å². The van der Waals surface area contributed by atoms with E-state index < -0.39 is 22.6 Å². The summed E-state index contributed by atoms with van der Waals surface area (Å²) in [6.07, 6.45) is 4.07. The normalized spacial score (nSPS) is 15.1. The van der Waals surface area contributed by atoms with Crippen molar-refractivity contribution in [3.8, 4) is 0 Å². The Hall–Kier alpha value is -0.830. The third-order valence-electron chi connectivity index (χ3n) is 4.78. The number of hydrogen-bond acceptors (Lipinski definition) is 6. The van der Waals surface area contributed by atoms with Gasteiger partial charge in [-0.25, -0.2) is 4.39 Å². The zero-order valence-electron chi connectivity index (χ0n) is 19.9. The van der Waals surface area contributed by atoms with Gasteiger partial charge in [0.25, 0.3) is 0 Å². The summed E-state index contributed by atoms with van der Waals surface area (Å²) in [6, 6.07) is 0. The second-order valence-electron chi connectivity index (χ2n) is 9.10. The first kappa shape index (κ1) is 29.2. The van der Waals surface area contributed by atoms with Crippen LogP contribution in [0.1, 0.15) is 54.4 Å². The fraction of sp³-hybridized carbons (Fsp3) is 0.826. The van der Waals surface area contributed by atoms with Gasteiger partial charge in [0, 0.05) is 13.0 Å². The highest BCUT2D eigenvalue weighted by Gasteiger charge is 2.44. The lowest BCUT2D eigenvalue weighted by Gasteiger charge is -2.40. The molecule has 0 bridgehead atoms. The summed E-state index contributed by atoms with van der Waals surface area (Å²) in [5, 5.41) is 0. The highest BCUT2D eigenvalue weighted by Crippen LogP contribution is 2.30. The van der Waals surface area contributed by atoms with Crippen molar-refractivity contribution in [3.05, 3.63) is 25.3 Å². The number of alkyl halides is 1. The molecule has 0 aromatic heterocycles. The number of rotatable bonds is 19. The molecule has 0 saturated heterocycles. The molecule has 178 valence electrons. The van der Waals surface area contributed by atoms with E-state index in [1.165, 1.54) is 0 Å². The van der Waals surface area contributed by atoms with Crippen LogP contribution < -0.4 is 5.73 Å². The van der Waals surface area contributed by atoms with Crippen molar-refractivity contribution in [2.45, 2.75) is 77.0 Å². The Morgan fingerprint density at radius 2 is 1.27 bits per heavy atom. The monoisotopic (exact) mass is 433 g/mol. The minimum absolute atomic E-state index is 0.00756. The van der Waals surface area contributed by atoms with Crippen molar-refractivity contribution in [2.75, 3.05) is 46.2 Å². The first-order valence-corrected chi connectivity index (χ1v) is 10.6. The van der Waals surface area contributed by atoms with Gasteiger partial charge >= 0.3 is 0 Å². The van der Waals surface area contributed by atoms with Crippen LogP contribution in [0.25, 0.3) is 0 Å². The molecule has 0 saturated carbocycles. The lowest BCUT2D eigenvalue weighted by molar-refractivity contribution is -0.179. The van der Waals surface area contributed by atoms with Crippen LogP contribution in [-0.2, 0) is 23.7 Å². The van der Waals surface area contributed by atoms with Gasteiger partial charge in [0.15, 0.2) is 5.79 Å². The van der Waals surface area contributed by atoms with Crippen molar-refractivity contribution < 1.29 is 28.1 Å². The number of halogens is 1. The highest BCUT2D eigenvalue weighted by molar-refractivity contribution is 4.92. The van der Waals surface area contributed by atoms with E-state index in [4.69, 9.17) is 29.4 Å². The van der Waals surface area contributed by atoms with E-state index >= 15 is 4.39 Å². The lowest BCUT2D eigenvalue weighted by Crippen LogP contribution is -2.57. The van der Waals surface area contributed by atoms with Gasteiger partial charge in [0.05, 0.1) is 50.8 Å². The van der Waals surface area contributed by atoms with E-state index in [0.29, 0.717) is 39.5 Å². The molecule has 2 N–H and O–H groups in total. The van der Waals surface area contributed by atoms with E-state index in [2.05, 4.69) is 13.2 Å². The molecule has 30 heavy (non-hydrogen) atoms. The molecule has 0 aliphatic rings. The maximum Gasteiger partial charge on any atom is 0.189 e. The second kappa shape index (κ2) is 13.6. The molecule has 0 aliphatic carbocycles. The van der Waals surface area contributed by atoms with Gasteiger partial charge in [0.1, 0.15) is 5.60 Å². The fourth-order valence-corrected chi connectivity index (χ4v) is 2.39. The third kappa shape index (κ3) is 12.8. The van der Waals surface area contributed by atoms with Crippen LogP contribution in [-0.4, -0.2) is 68.8 Å². The highest BCUT2D eigenvalue weighted by atomic mass is 19.1. The minimum atomic E-state index is -2.06. The van der Waals surface area contributed by atoms with E-state index in [0.717, 1.165) is 0 Å². The molecular weight excluding hydrogens is 389 g/mol. The molecule has 0 rings (SSSR count). The van der Waals surface area contributed by atoms with Crippen molar-refractivity contribution >= 4 is 0 Å². The van der Waals surface area contributed by atoms with Crippen molar-refractivity contribution in [3.63, 3.8) is 0 Å². The molecular formula is C23H44FNO5. The molecule has 0 heterocycles. The van der Waals surface area contributed by atoms with Crippen LogP contribution >= 0.6 is 0 Å². The van der Waals surface area contributed by atoms with Gasteiger partial charge in [-0.2, -0.15) is 0 Å². The summed E-state index contributed by atoms with van der Waals surface area (Å²) in [4.78, 5) is 0. The Labute approximate surface area is 182 Å². The summed E-state index contributed by atoms with van der Waals surface area (Å²) in [5.41, 5.74) is 3.71. The predicted molar refractivity (Wildman–Crippen MR) is 119 cm³/mol. The van der Waals surface area contributed by atoms with Crippen LogP contribution in [0.2, 0.25) is 0 Å². The smallest absolute Gasteiger partial charge is 0.189 e. The summed E-state index contributed by atoms with van der Waals surface area (Å²) < 4.78 is 43.4. The van der Waals surface area contributed by atoms with Crippen LogP contribution in [0.5, 0.6) is 0 Å². The Morgan fingerprint density at radius 3 is 1.83 bits per heavy atom.